The minimum atomic E-state index is 0.180. The molecule has 1 atom stereocenters. The molecule has 1 aromatic rings. The Morgan fingerprint density at radius 2 is 2.14 bits per heavy atom. The van der Waals surface area contributed by atoms with E-state index in [9.17, 15) is 0 Å². The monoisotopic (exact) mass is 288 g/mol. The minimum absolute atomic E-state index is 0.180. The van der Waals surface area contributed by atoms with Gasteiger partial charge in [0.05, 0.1) is 24.9 Å². The summed E-state index contributed by atoms with van der Waals surface area (Å²) < 4.78 is 7.81. The molecule has 1 fully saturated rings. The SMILES string of the molecule is C=CCOCC1c2nnn(CC3CC3)c2CCN1CC=C. The lowest BCUT2D eigenvalue weighted by atomic mass is 10.0. The fraction of sp³-hybridized carbons (Fsp3) is 0.625. The maximum absolute atomic E-state index is 5.69. The second-order valence-corrected chi connectivity index (χ2v) is 5.92. The fourth-order valence-corrected chi connectivity index (χ4v) is 2.96. The van der Waals surface area contributed by atoms with Gasteiger partial charge in [-0.3, -0.25) is 4.90 Å². The highest BCUT2D eigenvalue weighted by Crippen LogP contribution is 2.33. The Hall–Kier alpha value is -1.46. The van der Waals surface area contributed by atoms with Crippen molar-refractivity contribution < 1.29 is 4.74 Å². The highest BCUT2D eigenvalue weighted by atomic mass is 16.5. The first-order valence-corrected chi connectivity index (χ1v) is 7.79. The Balaban J connectivity index is 1.77. The molecule has 0 aromatic carbocycles. The van der Waals surface area contributed by atoms with Gasteiger partial charge in [0, 0.05) is 26.1 Å². The Kier molecular flexibility index (Phi) is 4.51. The van der Waals surface area contributed by atoms with E-state index < -0.39 is 0 Å². The zero-order chi connectivity index (χ0) is 14.7. The summed E-state index contributed by atoms with van der Waals surface area (Å²) in [5.41, 5.74) is 2.39. The molecule has 0 bridgehead atoms. The summed E-state index contributed by atoms with van der Waals surface area (Å²) in [5, 5.41) is 8.85. The third-order valence-electron chi connectivity index (χ3n) is 4.26. The van der Waals surface area contributed by atoms with E-state index in [4.69, 9.17) is 4.74 Å². The Morgan fingerprint density at radius 3 is 2.86 bits per heavy atom. The summed E-state index contributed by atoms with van der Waals surface area (Å²) in [6.45, 7) is 11.7. The number of fused-ring (bicyclic) bond motifs is 1. The fourth-order valence-electron chi connectivity index (χ4n) is 2.96. The lowest BCUT2D eigenvalue weighted by Gasteiger charge is -2.33. The predicted octanol–water partition coefficient (Wildman–Crippen LogP) is 1.98. The van der Waals surface area contributed by atoms with Gasteiger partial charge in [-0.05, 0) is 18.8 Å². The average Bonchev–Trinajstić information content (AvgIpc) is 3.21. The largest absolute Gasteiger partial charge is 0.375 e. The average molecular weight is 288 g/mol. The standard InChI is InChI=1S/C16H24N4O/c1-3-8-19-9-7-14-16(15(19)12-21-10-4-2)17-18-20(14)11-13-5-6-13/h3-4,13,15H,1-2,5-12H2. The first kappa shape index (κ1) is 14.5. The summed E-state index contributed by atoms with van der Waals surface area (Å²) in [5.74, 6) is 0.817. The Bertz CT molecular complexity index is 506. The zero-order valence-electron chi connectivity index (χ0n) is 12.6. The van der Waals surface area contributed by atoms with Crippen LogP contribution in [0.1, 0.15) is 30.3 Å². The normalized spacial score (nSPS) is 22.0. The molecule has 114 valence electrons. The van der Waals surface area contributed by atoms with E-state index in [0.29, 0.717) is 13.2 Å². The van der Waals surface area contributed by atoms with Crippen LogP contribution in [0.5, 0.6) is 0 Å². The first-order valence-electron chi connectivity index (χ1n) is 7.79. The van der Waals surface area contributed by atoms with Crippen LogP contribution in [-0.2, 0) is 17.7 Å². The van der Waals surface area contributed by atoms with Gasteiger partial charge in [0.25, 0.3) is 0 Å². The van der Waals surface area contributed by atoms with Crippen molar-refractivity contribution in [1.29, 1.82) is 0 Å². The van der Waals surface area contributed by atoms with Crippen LogP contribution in [0.2, 0.25) is 0 Å². The molecule has 0 saturated heterocycles. The molecule has 0 radical (unpaired) electrons. The third-order valence-corrected chi connectivity index (χ3v) is 4.26. The maximum atomic E-state index is 5.69. The summed E-state index contributed by atoms with van der Waals surface area (Å²) in [6.07, 6.45) is 7.42. The summed E-state index contributed by atoms with van der Waals surface area (Å²) in [4.78, 5) is 2.37. The zero-order valence-corrected chi connectivity index (χ0v) is 12.6. The van der Waals surface area contributed by atoms with Gasteiger partial charge in [0.2, 0.25) is 0 Å². The number of ether oxygens (including phenoxy) is 1. The van der Waals surface area contributed by atoms with E-state index in [-0.39, 0.29) is 6.04 Å². The smallest absolute Gasteiger partial charge is 0.105 e. The van der Waals surface area contributed by atoms with Gasteiger partial charge in [-0.2, -0.15) is 0 Å². The van der Waals surface area contributed by atoms with Crippen molar-refractivity contribution >= 4 is 0 Å². The third kappa shape index (κ3) is 3.24. The van der Waals surface area contributed by atoms with Crippen LogP contribution in [0.15, 0.2) is 25.3 Å². The van der Waals surface area contributed by atoms with Crippen molar-refractivity contribution in [3.05, 3.63) is 36.7 Å². The van der Waals surface area contributed by atoms with Crippen LogP contribution in [0.3, 0.4) is 0 Å². The molecule has 1 saturated carbocycles. The molecular weight excluding hydrogens is 264 g/mol. The number of aromatic nitrogens is 3. The van der Waals surface area contributed by atoms with E-state index in [1.165, 1.54) is 18.5 Å². The molecule has 21 heavy (non-hydrogen) atoms. The van der Waals surface area contributed by atoms with Gasteiger partial charge in [0.15, 0.2) is 0 Å². The van der Waals surface area contributed by atoms with Gasteiger partial charge < -0.3 is 4.74 Å². The second kappa shape index (κ2) is 6.54. The first-order chi connectivity index (χ1) is 10.3. The summed E-state index contributed by atoms with van der Waals surface area (Å²) in [7, 11) is 0. The lowest BCUT2D eigenvalue weighted by molar-refractivity contribution is 0.0707. The van der Waals surface area contributed by atoms with E-state index >= 15 is 0 Å². The Morgan fingerprint density at radius 1 is 1.29 bits per heavy atom. The molecule has 1 aliphatic heterocycles. The van der Waals surface area contributed by atoms with E-state index in [1.807, 2.05) is 6.08 Å². The summed E-state index contributed by atoms with van der Waals surface area (Å²) >= 11 is 0. The second-order valence-electron chi connectivity index (χ2n) is 5.92. The minimum Gasteiger partial charge on any atom is -0.375 e. The Labute approximate surface area is 126 Å². The van der Waals surface area contributed by atoms with Crippen molar-refractivity contribution in [2.24, 2.45) is 5.92 Å². The molecule has 2 aliphatic rings. The molecule has 1 aromatic heterocycles. The topological polar surface area (TPSA) is 43.2 Å². The van der Waals surface area contributed by atoms with Crippen molar-refractivity contribution in [2.45, 2.75) is 31.8 Å². The molecule has 1 unspecified atom stereocenters. The van der Waals surface area contributed by atoms with Crippen LogP contribution >= 0.6 is 0 Å². The number of rotatable bonds is 8. The highest BCUT2D eigenvalue weighted by Gasteiger charge is 2.33. The molecule has 0 amide bonds. The van der Waals surface area contributed by atoms with Crippen LogP contribution in [-0.4, -0.2) is 46.2 Å². The molecule has 3 rings (SSSR count). The number of hydrogen-bond acceptors (Lipinski definition) is 4. The molecule has 0 spiro atoms. The predicted molar refractivity (Wildman–Crippen MR) is 82.0 cm³/mol. The molecule has 2 heterocycles. The van der Waals surface area contributed by atoms with Crippen LogP contribution in [0.25, 0.3) is 0 Å². The van der Waals surface area contributed by atoms with Crippen molar-refractivity contribution in [3.8, 4) is 0 Å². The molecule has 0 N–H and O–H groups in total. The molecule has 5 nitrogen and oxygen atoms in total. The molecule has 1 aliphatic carbocycles. The summed E-state index contributed by atoms with van der Waals surface area (Å²) in [6, 6.07) is 0.180. The van der Waals surface area contributed by atoms with Gasteiger partial charge in [-0.15, -0.1) is 18.3 Å². The quantitative estimate of drug-likeness (QED) is 0.542. The van der Waals surface area contributed by atoms with Crippen molar-refractivity contribution in [2.75, 3.05) is 26.3 Å². The number of hydrogen-bond donors (Lipinski definition) is 0. The van der Waals surface area contributed by atoms with Crippen LogP contribution in [0.4, 0.5) is 0 Å². The van der Waals surface area contributed by atoms with E-state index in [0.717, 1.165) is 37.7 Å². The molecule has 5 heteroatoms. The lowest BCUT2D eigenvalue weighted by Crippen LogP contribution is -2.38. The van der Waals surface area contributed by atoms with Crippen molar-refractivity contribution in [1.82, 2.24) is 19.9 Å². The maximum Gasteiger partial charge on any atom is 0.105 e. The van der Waals surface area contributed by atoms with Crippen LogP contribution < -0.4 is 0 Å². The van der Waals surface area contributed by atoms with Gasteiger partial charge in [-0.1, -0.05) is 17.4 Å². The molecular formula is C16H24N4O. The van der Waals surface area contributed by atoms with Gasteiger partial charge in [0.1, 0.15) is 5.69 Å². The van der Waals surface area contributed by atoms with Crippen molar-refractivity contribution in [3.63, 3.8) is 0 Å². The van der Waals surface area contributed by atoms with Gasteiger partial charge >= 0.3 is 0 Å². The van der Waals surface area contributed by atoms with Crippen LogP contribution in [0, 0.1) is 5.92 Å². The van der Waals surface area contributed by atoms with E-state index in [1.54, 1.807) is 6.08 Å². The number of nitrogens with zero attached hydrogens (tertiary/aromatic N) is 4. The van der Waals surface area contributed by atoms with Gasteiger partial charge in [-0.25, -0.2) is 4.68 Å². The highest BCUT2D eigenvalue weighted by molar-refractivity contribution is 5.19. The van der Waals surface area contributed by atoms with E-state index in [2.05, 4.69) is 33.1 Å².